The number of hydrogen-bond acceptors (Lipinski definition) is 4. The van der Waals surface area contributed by atoms with Gasteiger partial charge in [-0.1, -0.05) is 24.3 Å². The van der Waals surface area contributed by atoms with E-state index < -0.39 is 0 Å². The molecule has 0 bridgehead atoms. The molecule has 1 aliphatic carbocycles. The van der Waals surface area contributed by atoms with Crippen LogP contribution in [0.1, 0.15) is 55.5 Å². The number of hydrogen-bond donors (Lipinski definition) is 1. The maximum absolute atomic E-state index is 4.31. The van der Waals surface area contributed by atoms with E-state index in [0.29, 0.717) is 5.92 Å². The molecule has 3 nitrogen and oxygen atoms in total. The van der Waals surface area contributed by atoms with Crippen molar-refractivity contribution in [3.05, 3.63) is 10.6 Å². The number of rotatable bonds is 5. The maximum atomic E-state index is 4.31. The van der Waals surface area contributed by atoms with E-state index in [4.69, 9.17) is 0 Å². The average Bonchev–Trinajstić information content (AvgIpc) is 2.87. The van der Waals surface area contributed by atoms with Crippen LogP contribution in [0.3, 0.4) is 0 Å². The maximum Gasteiger partial charge on any atom is 0.0831 e. The third kappa shape index (κ3) is 2.75. The van der Waals surface area contributed by atoms with Crippen molar-refractivity contribution in [3.63, 3.8) is 0 Å². The molecule has 0 atom stereocenters. The van der Waals surface area contributed by atoms with Crippen molar-refractivity contribution in [2.45, 2.75) is 51.5 Å². The van der Waals surface area contributed by atoms with Crippen LogP contribution in [0.15, 0.2) is 0 Å². The van der Waals surface area contributed by atoms with Gasteiger partial charge < -0.3 is 5.32 Å². The Balaban J connectivity index is 1.95. The second kappa shape index (κ2) is 5.56. The fourth-order valence-corrected chi connectivity index (χ4v) is 2.92. The number of aromatic nitrogens is 2. The summed E-state index contributed by atoms with van der Waals surface area (Å²) in [5.41, 5.74) is 1.28. The highest BCUT2D eigenvalue weighted by molar-refractivity contribution is 7.05. The standard InChI is InChI=1S/C11H19N3S/c1-2-7-12-8-10-11(13-14-15-10)9-5-3-4-6-9/h9,12H,2-8H2,1H3. The van der Waals surface area contributed by atoms with Crippen LogP contribution in [0.2, 0.25) is 0 Å². The molecule has 1 N–H and O–H groups in total. The molecule has 2 rings (SSSR count). The number of nitrogens with one attached hydrogen (secondary N) is 1. The molecule has 0 amide bonds. The third-order valence-electron chi connectivity index (χ3n) is 3.04. The Morgan fingerprint density at radius 2 is 2.20 bits per heavy atom. The molecular formula is C11H19N3S. The topological polar surface area (TPSA) is 37.8 Å². The second-order valence-corrected chi connectivity index (χ2v) is 5.08. The van der Waals surface area contributed by atoms with E-state index in [1.807, 2.05) is 0 Å². The third-order valence-corrected chi connectivity index (χ3v) is 3.78. The molecule has 1 aromatic rings. The Morgan fingerprint density at radius 1 is 1.40 bits per heavy atom. The molecule has 1 saturated carbocycles. The summed E-state index contributed by atoms with van der Waals surface area (Å²) < 4.78 is 4.10. The molecule has 0 saturated heterocycles. The fourth-order valence-electron chi connectivity index (χ4n) is 2.23. The molecule has 1 aliphatic rings. The summed E-state index contributed by atoms with van der Waals surface area (Å²) in [6.07, 6.45) is 6.54. The second-order valence-electron chi connectivity index (χ2n) is 4.24. The van der Waals surface area contributed by atoms with Crippen LogP contribution in [0.5, 0.6) is 0 Å². The molecule has 4 heteroatoms. The van der Waals surface area contributed by atoms with Gasteiger partial charge >= 0.3 is 0 Å². The van der Waals surface area contributed by atoms with Crippen LogP contribution < -0.4 is 5.32 Å². The first-order chi connectivity index (χ1) is 7.42. The molecule has 84 valence electrons. The zero-order valence-corrected chi connectivity index (χ0v) is 10.1. The normalized spacial score (nSPS) is 17.4. The zero-order chi connectivity index (χ0) is 10.5. The highest BCUT2D eigenvalue weighted by Crippen LogP contribution is 2.35. The van der Waals surface area contributed by atoms with E-state index in [1.54, 1.807) is 11.5 Å². The van der Waals surface area contributed by atoms with Gasteiger partial charge in [0.2, 0.25) is 0 Å². The lowest BCUT2D eigenvalue weighted by Gasteiger charge is -2.07. The van der Waals surface area contributed by atoms with Gasteiger partial charge in [-0.15, -0.1) is 5.10 Å². The minimum atomic E-state index is 0.696. The van der Waals surface area contributed by atoms with Crippen molar-refractivity contribution >= 4 is 11.5 Å². The Labute approximate surface area is 95.4 Å². The van der Waals surface area contributed by atoms with Gasteiger partial charge in [-0.25, -0.2) is 0 Å². The summed E-state index contributed by atoms with van der Waals surface area (Å²) in [6, 6.07) is 0. The van der Waals surface area contributed by atoms with Crippen LogP contribution in [0, 0.1) is 0 Å². The van der Waals surface area contributed by atoms with Crippen LogP contribution >= 0.6 is 11.5 Å². The average molecular weight is 225 g/mol. The van der Waals surface area contributed by atoms with Gasteiger partial charge in [0.1, 0.15) is 0 Å². The Hall–Kier alpha value is -0.480. The largest absolute Gasteiger partial charge is 0.312 e. The summed E-state index contributed by atoms with van der Waals surface area (Å²) >= 11 is 1.56. The smallest absolute Gasteiger partial charge is 0.0831 e. The van der Waals surface area contributed by atoms with E-state index >= 15 is 0 Å². The van der Waals surface area contributed by atoms with Crippen LogP contribution in [0.4, 0.5) is 0 Å². The first kappa shape index (κ1) is 11.0. The summed E-state index contributed by atoms with van der Waals surface area (Å²) in [6.45, 7) is 4.23. The van der Waals surface area contributed by atoms with Gasteiger partial charge in [0, 0.05) is 12.5 Å². The van der Waals surface area contributed by atoms with E-state index in [1.165, 1.54) is 42.7 Å². The molecule has 1 aromatic heterocycles. The molecule has 0 spiro atoms. The van der Waals surface area contributed by atoms with Gasteiger partial charge in [-0.05, 0) is 37.3 Å². The van der Waals surface area contributed by atoms with Gasteiger partial charge in [-0.3, -0.25) is 0 Å². The predicted octanol–water partition coefficient (Wildman–Crippen LogP) is 2.70. The Bertz CT molecular complexity index is 292. The molecule has 1 heterocycles. The lowest BCUT2D eigenvalue weighted by molar-refractivity contribution is 0.647. The predicted molar refractivity (Wildman–Crippen MR) is 63.1 cm³/mol. The summed E-state index contributed by atoms with van der Waals surface area (Å²) in [7, 11) is 0. The lowest BCUT2D eigenvalue weighted by Crippen LogP contribution is -2.14. The first-order valence-corrected chi connectivity index (χ1v) is 6.71. The number of nitrogens with zero attached hydrogens (tertiary/aromatic N) is 2. The molecule has 1 fully saturated rings. The molecule has 0 unspecified atom stereocenters. The van der Waals surface area contributed by atoms with E-state index in [-0.39, 0.29) is 0 Å². The summed E-state index contributed by atoms with van der Waals surface area (Å²) in [4.78, 5) is 1.36. The highest BCUT2D eigenvalue weighted by atomic mass is 32.1. The van der Waals surface area contributed by atoms with Crippen molar-refractivity contribution in [2.75, 3.05) is 6.54 Å². The minimum Gasteiger partial charge on any atom is -0.312 e. The van der Waals surface area contributed by atoms with Crippen LogP contribution in [-0.4, -0.2) is 16.1 Å². The van der Waals surface area contributed by atoms with E-state index in [2.05, 4.69) is 21.8 Å². The van der Waals surface area contributed by atoms with E-state index in [9.17, 15) is 0 Å². The van der Waals surface area contributed by atoms with Gasteiger partial charge in [0.25, 0.3) is 0 Å². The van der Waals surface area contributed by atoms with Crippen LogP contribution in [0.25, 0.3) is 0 Å². The fraction of sp³-hybridized carbons (Fsp3) is 0.818. The van der Waals surface area contributed by atoms with Gasteiger partial charge in [-0.2, -0.15) is 0 Å². The molecule has 0 aliphatic heterocycles. The van der Waals surface area contributed by atoms with Crippen molar-refractivity contribution < 1.29 is 0 Å². The molecule has 0 radical (unpaired) electrons. The van der Waals surface area contributed by atoms with E-state index in [0.717, 1.165) is 13.1 Å². The molecule has 0 aromatic carbocycles. The lowest BCUT2D eigenvalue weighted by atomic mass is 10.0. The quantitative estimate of drug-likeness (QED) is 0.783. The minimum absolute atomic E-state index is 0.696. The first-order valence-electron chi connectivity index (χ1n) is 5.93. The van der Waals surface area contributed by atoms with Crippen molar-refractivity contribution in [1.82, 2.24) is 14.9 Å². The SMILES string of the molecule is CCCNCc1snnc1C1CCCC1. The monoisotopic (exact) mass is 225 g/mol. The van der Waals surface area contributed by atoms with Crippen molar-refractivity contribution in [2.24, 2.45) is 0 Å². The summed E-state index contributed by atoms with van der Waals surface area (Å²) in [5.74, 6) is 0.696. The highest BCUT2D eigenvalue weighted by Gasteiger charge is 2.22. The Morgan fingerprint density at radius 3 is 2.93 bits per heavy atom. The van der Waals surface area contributed by atoms with Crippen molar-refractivity contribution in [3.8, 4) is 0 Å². The van der Waals surface area contributed by atoms with Crippen LogP contribution in [-0.2, 0) is 6.54 Å². The zero-order valence-electron chi connectivity index (χ0n) is 9.33. The summed E-state index contributed by atoms with van der Waals surface area (Å²) in [5, 5.41) is 7.74. The molecular weight excluding hydrogens is 206 g/mol. The van der Waals surface area contributed by atoms with Crippen molar-refractivity contribution in [1.29, 1.82) is 0 Å². The van der Waals surface area contributed by atoms with Gasteiger partial charge in [0.15, 0.2) is 0 Å². The van der Waals surface area contributed by atoms with Gasteiger partial charge in [0.05, 0.1) is 10.6 Å². The Kier molecular flexibility index (Phi) is 4.09. The molecule has 15 heavy (non-hydrogen) atoms.